The number of nitrogens with zero attached hydrogens (tertiary/aromatic N) is 2. The van der Waals surface area contributed by atoms with Gasteiger partial charge in [-0.05, 0) is 37.3 Å². The zero-order valence-electron chi connectivity index (χ0n) is 14.1. The van der Waals surface area contributed by atoms with Gasteiger partial charge < -0.3 is 9.47 Å². The molecule has 1 amide bonds. The van der Waals surface area contributed by atoms with E-state index < -0.39 is 0 Å². The molecule has 0 saturated heterocycles. The van der Waals surface area contributed by atoms with E-state index in [9.17, 15) is 4.79 Å². The minimum absolute atomic E-state index is 0.222. The molecular formula is C18H17N3O3S. The zero-order valence-corrected chi connectivity index (χ0v) is 14.9. The molecule has 0 radical (unpaired) electrons. The van der Waals surface area contributed by atoms with Crippen molar-refractivity contribution < 1.29 is 14.3 Å². The van der Waals surface area contributed by atoms with Crippen molar-refractivity contribution in [1.82, 2.24) is 9.97 Å². The smallest absolute Gasteiger partial charge is 0.257 e. The van der Waals surface area contributed by atoms with Gasteiger partial charge in [0.15, 0.2) is 5.13 Å². The van der Waals surface area contributed by atoms with Crippen molar-refractivity contribution in [2.24, 2.45) is 0 Å². The summed E-state index contributed by atoms with van der Waals surface area (Å²) in [4.78, 5) is 21.7. The van der Waals surface area contributed by atoms with Crippen molar-refractivity contribution in [3.8, 4) is 22.8 Å². The van der Waals surface area contributed by atoms with Crippen LogP contribution in [-0.2, 0) is 0 Å². The van der Waals surface area contributed by atoms with Crippen LogP contribution in [0.2, 0.25) is 0 Å². The minimum atomic E-state index is -0.222. The topological polar surface area (TPSA) is 73.3 Å². The van der Waals surface area contributed by atoms with Crippen LogP contribution in [0.3, 0.4) is 0 Å². The Morgan fingerprint density at radius 1 is 1.12 bits per heavy atom. The van der Waals surface area contributed by atoms with Gasteiger partial charge in [-0.1, -0.05) is 0 Å². The van der Waals surface area contributed by atoms with Crippen LogP contribution in [0.5, 0.6) is 11.5 Å². The monoisotopic (exact) mass is 355 g/mol. The molecule has 0 saturated carbocycles. The Morgan fingerprint density at radius 2 is 1.88 bits per heavy atom. The number of rotatable bonds is 5. The molecule has 0 spiro atoms. The molecule has 0 unspecified atom stereocenters. The maximum Gasteiger partial charge on any atom is 0.257 e. The van der Waals surface area contributed by atoms with Gasteiger partial charge in [-0.3, -0.25) is 15.1 Å². The molecule has 6 nitrogen and oxygen atoms in total. The van der Waals surface area contributed by atoms with Gasteiger partial charge in [0.25, 0.3) is 5.91 Å². The fourth-order valence-corrected chi connectivity index (χ4v) is 3.19. The second-order valence-corrected chi connectivity index (χ2v) is 6.38. The molecule has 2 aromatic heterocycles. The third kappa shape index (κ3) is 3.61. The molecular weight excluding hydrogens is 338 g/mol. The highest BCUT2D eigenvalue weighted by Crippen LogP contribution is 2.38. The van der Waals surface area contributed by atoms with Crippen LogP contribution < -0.4 is 14.8 Å². The van der Waals surface area contributed by atoms with Gasteiger partial charge in [-0.25, -0.2) is 4.98 Å². The lowest BCUT2D eigenvalue weighted by atomic mass is 10.1. The number of pyridine rings is 1. The van der Waals surface area contributed by atoms with Gasteiger partial charge in [-0.2, -0.15) is 0 Å². The highest BCUT2D eigenvalue weighted by molar-refractivity contribution is 7.16. The van der Waals surface area contributed by atoms with Crippen LogP contribution >= 0.6 is 11.3 Å². The number of ether oxygens (including phenoxy) is 2. The summed E-state index contributed by atoms with van der Waals surface area (Å²) >= 11 is 1.41. The summed E-state index contributed by atoms with van der Waals surface area (Å²) in [5, 5.41) is 3.35. The molecule has 1 aromatic carbocycles. The van der Waals surface area contributed by atoms with Gasteiger partial charge in [0, 0.05) is 28.4 Å². The van der Waals surface area contributed by atoms with E-state index in [4.69, 9.17) is 9.47 Å². The highest BCUT2D eigenvalue weighted by atomic mass is 32.1. The maximum absolute atomic E-state index is 12.3. The maximum atomic E-state index is 12.3. The van der Waals surface area contributed by atoms with Crippen LogP contribution in [0, 0.1) is 6.92 Å². The van der Waals surface area contributed by atoms with Crippen LogP contribution in [-0.4, -0.2) is 30.1 Å². The SMILES string of the molecule is COc1ccc(OC)c(-c2nc(NC(=O)c3ccncc3)sc2C)c1. The van der Waals surface area contributed by atoms with Gasteiger partial charge >= 0.3 is 0 Å². The molecule has 0 aliphatic carbocycles. The van der Waals surface area contributed by atoms with Crippen molar-refractivity contribution in [2.75, 3.05) is 19.5 Å². The quantitative estimate of drug-likeness (QED) is 0.754. The largest absolute Gasteiger partial charge is 0.497 e. The Morgan fingerprint density at radius 3 is 2.56 bits per heavy atom. The molecule has 128 valence electrons. The zero-order chi connectivity index (χ0) is 17.8. The number of aryl methyl sites for hydroxylation is 1. The second kappa shape index (κ2) is 7.31. The fraction of sp³-hybridized carbons (Fsp3) is 0.167. The Kier molecular flexibility index (Phi) is 4.95. The van der Waals surface area contributed by atoms with Gasteiger partial charge in [0.05, 0.1) is 19.9 Å². The van der Waals surface area contributed by atoms with Crippen molar-refractivity contribution in [2.45, 2.75) is 6.92 Å². The Labute approximate surface area is 149 Å². The summed E-state index contributed by atoms with van der Waals surface area (Å²) in [7, 11) is 3.22. The lowest BCUT2D eigenvalue weighted by Gasteiger charge is -2.09. The van der Waals surface area contributed by atoms with Crippen LogP contribution in [0.15, 0.2) is 42.7 Å². The summed E-state index contributed by atoms with van der Waals surface area (Å²) in [6.45, 7) is 1.95. The normalized spacial score (nSPS) is 10.4. The lowest BCUT2D eigenvalue weighted by molar-refractivity contribution is 0.102. The summed E-state index contributed by atoms with van der Waals surface area (Å²) in [5.74, 6) is 1.19. The first-order valence-corrected chi connectivity index (χ1v) is 8.35. The predicted molar refractivity (Wildman–Crippen MR) is 97.6 cm³/mol. The van der Waals surface area contributed by atoms with Crippen LogP contribution in [0.25, 0.3) is 11.3 Å². The first kappa shape index (κ1) is 16.9. The number of hydrogen-bond donors (Lipinski definition) is 1. The molecule has 2 heterocycles. The Bertz CT molecular complexity index is 894. The summed E-state index contributed by atoms with van der Waals surface area (Å²) in [5.41, 5.74) is 2.11. The van der Waals surface area contributed by atoms with Crippen molar-refractivity contribution in [1.29, 1.82) is 0 Å². The van der Waals surface area contributed by atoms with E-state index in [0.29, 0.717) is 22.2 Å². The van der Waals surface area contributed by atoms with Gasteiger partial charge in [-0.15, -0.1) is 11.3 Å². The van der Waals surface area contributed by atoms with Crippen molar-refractivity contribution in [3.05, 3.63) is 53.2 Å². The second-order valence-electron chi connectivity index (χ2n) is 5.18. The number of benzene rings is 1. The Balaban J connectivity index is 1.92. The van der Waals surface area contributed by atoms with E-state index in [-0.39, 0.29) is 5.91 Å². The molecule has 7 heteroatoms. The first-order valence-electron chi connectivity index (χ1n) is 7.53. The first-order chi connectivity index (χ1) is 12.1. The molecule has 0 atom stereocenters. The summed E-state index contributed by atoms with van der Waals surface area (Å²) in [6.07, 6.45) is 3.16. The van der Waals surface area contributed by atoms with E-state index in [2.05, 4.69) is 15.3 Å². The number of anilines is 1. The van der Waals surface area contributed by atoms with Gasteiger partial charge in [0.2, 0.25) is 0 Å². The lowest BCUT2D eigenvalue weighted by Crippen LogP contribution is -2.11. The number of thiazole rings is 1. The molecule has 3 rings (SSSR count). The predicted octanol–water partition coefficient (Wildman–Crippen LogP) is 3.78. The van der Waals surface area contributed by atoms with Crippen molar-refractivity contribution in [3.63, 3.8) is 0 Å². The number of carbonyl (C=O) groups is 1. The summed E-state index contributed by atoms with van der Waals surface area (Å²) in [6, 6.07) is 8.84. The molecule has 0 fully saturated rings. The summed E-state index contributed by atoms with van der Waals surface area (Å²) < 4.78 is 10.7. The third-order valence-electron chi connectivity index (χ3n) is 3.62. The van der Waals surface area contributed by atoms with E-state index in [1.165, 1.54) is 11.3 Å². The minimum Gasteiger partial charge on any atom is -0.497 e. The average Bonchev–Trinajstić information content (AvgIpc) is 3.01. The number of nitrogens with one attached hydrogen (secondary N) is 1. The standard InChI is InChI=1S/C18H17N3O3S/c1-11-16(14-10-13(23-2)4-5-15(14)24-3)20-18(25-11)21-17(22)12-6-8-19-9-7-12/h4-10H,1-3H3,(H,20,21,22). The van der Waals surface area contributed by atoms with E-state index >= 15 is 0 Å². The molecule has 3 aromatic rings. The Hall–Kier alpha value is -2.93. The third-order valence-corrected chi connectivity index (χ3v) is 4.51. The van der Waals surface area contributed by atoms with E-state index in [0.717, 1.165) is 16.1 Å². The number of hydrogen-bond acceptors (Lipinski definition) is 6. The molecule has 0 bridgehead atoms. The van der Waals surface area contributed by atoms with E-state index in [1.54, 1.807) is 38.7 Å². The highest BCUT2D eigenvalue weighted by Gasteiger charge is 2.17. The number of amides is 1. The molecule has 25 heavy (non-hydrogen) atoms. The number of aromatic nitrogens is 2. The number of carbonyl (C=O) groups excluding carboxylic acids is 1. The molecule has 0 aliphatic heterocycles. The van der Waals surface area contributed by atoms with Crippen LogP contribution in [0.4, 0.5) is 5.13 Å². The van der Waals surface area contributed by atoms with E-state index in [1.807, 2.05) is 25.1 Å². The van der Waals surface area contributed by atoms with Crippen molar-refractivity contribution >= 4 is 22.4 Å². The fourth-order valence-electron chi connectivity index (χ4n) is 2.37. The van der Waals surface area contributed by atoms with Gasteiger partial charge in [0.1, 0.15) is 11.5 Å². The average molecular weight is 355 g/mol. The number of methoxy groups -OCH3 is 2. The molecule has 1 N–H and O–H groups in total. The molecule has 0 aliphatic rings. The van der Waals surface area contributed by atoms with Crippen LogP contribution in [0.1, 0.15) is 15.2 Å².